The lowest BCUT2D eigenvalue weighted by atomic mass is 9.73. The van der Waals surface area contributed by atoms with Gasteiger partial charge in [-0.3, -0.25) is 0 Å². The van der Waals surface area contributed by atoms with Crippen LogP contribution in [-0.2, 0) is 0 Å². The van der Waals surface area contributed by atoms with Crippen LogP contribution in [0.4, 0.5) is 17.6 Å². The molecule has 3 atom stereocenters. The van der Waals surface area contributed by atoms with Gasteiger partial charge in [0.25, 0.3) is 0 Å². The third-order valence-corrected chi connectivity index (χ3v) is 3.93. The summed E-state index contributed by atoms with van der Waals surface area (Å²) >= 11 is 0. The van der Waals surface area contributed by atoms with Crippen molar-refractivity contribution in [2.24, 2.45) is 17.6 Å². The van der Waals surface area contributed by atoms with Gasteiger partial charge in [-0.1, -0.05) is 25.0 Å². The second kappa shape index (κ2) is 5.49. The molecule has 1 aliphatic rings. The van der Waals surface area contributed by atoms with Crippen LogP contribution < -0.4 is 5.73 Å². The molecule has 1 aromatic rings. The molecule has 1 nitrogen and oxygen atoms in total. The molecule has 0 heterocycles. The zero-order valence-electron chi connectivity index (χ0n) is 10.5. The third kappa shape index (κ3) is 3.26. The molecule has 0 bridgehead atoms. The topological polar surface area (TPSA) is 26.0 Å². The molecular formula is C14H17F4N. The highest BCUT2D eigenvalue weighted by Gasteiger charge is 2.47. The predicted octanol–water partition coefficient (Wildman–Crippen LogP) is 4.19. The van der Waals surface area contributed by atoms with Gasteiger partial charge in [0, 0.05) is 6.04 Å². The predicted molar refractivity (Wildman–Crippen MR) is 64.8 cm³/mol. The van der Waals surface area contributed by atoms with E-state index in [4.69, 9.17) is 5.73 Å². The first-order valence-electron chi connectivity index (χ1n) is 6.47. The van der Waals surface area contributed by atoms with Crippen molar-refractivity contribution in [1.82, 2.24) is 0 Å². The average molecular weight is 275 g/mol. The van der Waals surface area contributed by atoms with Crippen LogP contribution in [0.3, 0.4) is 0 Å². The Morgan fingerprint density at radius 1 is 1.16 bits per heavy atom. The summed E-state index contributed by atoms with van der Waals surface area (Å²) in [7, 11) is 0. The molecule has 1 aliphatic carbocycles. The smallest absolute Gasteiger partial charge is 0.324 e. The zero-order valence-corrected chi connectivity index (χ0v) is 10.5. The zero-order chi connectivity index (χ0) is 14.0. The fraction of sp³-hybridized carbons (Fsp3) is 0.571. The quantitative estimate of drug-likeness (QED) is 0.804. The molecule has 0 radical (unpaired) electrons. The van der Waals surface area contributed by atoms with Crippen LogP contribution in [0, 0.1) is 17.7 Å². The van der Waals surface area contributed by atoms with Crippen molar-refractivity contribution in [3.63, 3.8) is 0 Å². The van der Waals surface area contributed by atoms with E-state index in [1.54, 1.807) is 6.07 Å². The monoisotopic (exact) mass is 275 g/mol. The van der Waals surface area contributed by atoms with Crippen LogP contribution in [0.2, 0.25) is 0 Å². The number of nitrogens with two attached hydrogens (primary N) is 1. The number of halogens is 4. The van der Waals surface area contributed by atoms with Crippen molar-refractivity contribution < 1.29 is 17.6 Å². The van der Waals surface area contributed by atoms with E-state index in [1.165, 1.54) is 18.2 Å². The molecule has 3 unspecified atom stereocenters. The number of alkyl halides is 3. The molecule has 1 aromatic carbocycles. The fourth-order valence-corrected chi connectivity index (χ4v) is 2.96. The Morgan fingerprint density at radius 3 is 2.47 bits per heavy atom. The molecule has 0 amide bonds. The van der Waals surface area contributed by atoms with Gasteiger partial charge in [0.1, 0.15) is 5.82 Å². The second-order valence-electron chi connectivity index (χ2n) is 5.18. The van der Waals surface area contributed by atoms with Crippen LogP contribution >= 0.6 is 0 Å². The SMILES string of the molecule is NC(c1cccc(F)c1)C1CCCCC1C(F)(F)F. The van der Waals surface area contributed by atoms with E-state index >= 15 is 0 Å². The Kier molecular flexibility index (Phi) is 4.13. The highest BCUT2D eigenvalue weighted by molar-refractivity contribution is 5.21. The molecule has 2 rings (SSSR count). The lowest BCUT2D eigenvalue weighted by molar-refractivity contribution is -0.198. The number of benzene rings is 1. The maximum atomic E-state index is 13.1. The summed E-state index contributed by atoms with van der Waals surface area (Å²) in [6, 6.07) is 4.80. The summed E-state index contributed by atoms with van der Waals surface area (Å²) in [6.45, 7) is 0. The Labute approximate surface area is 109 Å². The van der Waals surface area contributed by atoms with Gasteiger partial charge in [-0.05, 0) is 36.5 Å². The summed E-state index contributed by atoms with van der Waals surface area (Å²) < 4.78 is 52.2. The number of hydrogen-bond donors (Lipinski definition) is 1. The van der Waals surface area contributed by atoms with Gasteiger partial charge >= 0.3 is 6.18 Å². The molecule has 2 N–H and O–H groups in total. The van der Waals surface area contributed by atoms with Crippen molar-refractivity contribution in [2.45, 2.75) is 37.9 Å². The van der Waals surface area contributed by atoms with E-state index in [0.717, 1.165) is 6.42 Å². The molecule has 1 saturated carbocycles. The minimum Gasteiger partial charge on any atom is -0.324 e. The van der Waals surface area contributed by atoms with Crippen molar-refractivity contribution in [3.8, 4) is 0 Å². The van der Waals surface area contributed by atoms with Crippen LogP contribution in [0.25, 0.3) is 0 Å². The maximum Gasteiger partial charge on any atom is 0.392 e. The molecule has 106 valence electrons. The summed E-state index contributed by atoms with van der Waals surface area (Å²) in [4.78, 5) is 0. The van der Waals surface area contributed by atoms with Crippen LogP contribution in [0.1, 0.15) is 37.3 Å². The van der Waals surface area contributed by atoms with E-state index in [0.29, 0.717) is 18.4 Å². The molecule has 5 heteroatoms. The molecule has 0 saturated heterocycles. The van der Waals surface area contributed by atoms with Gasteiger partial charge in [-0.15, -0.1) is 0 Å². The Morgan fingerprint density at radius 2 is 1.84 bits per heavy atom. The minimum absolute atomic E-state index is 0.122. The van der Waals surface area contributed by atoms with Crippen LogP contribution in [0.15, 0.2) is 24.3 Å². The highest BCUT2D eigenvalue weighted by Crippen LogP contribution is 2.45. The van der Waals surface area contributed by atoms with E-state index in [-0.39, 0.29) is 6.42 Å². The third-order valence-electron chi connectivity index (χ3n) is 3.93. The standard InChI is InChI=1S/C14H17F4N/c15-10-5-3-4-9(8-10)13(19)11-6-1-2-7-12(11)14(16,17)18/h3-5,8,11-13H,1-2,6-7,19H2. The van der Waals surface area contributed by atoms with Gasteiger partial charge in [-0.2, -0.15) is 13.2 Å². The van der Waals surface area contributed by atoms with Gasteiger partial charge in [0.15, 0.2) is 0 Å². The van der Waals surface area contributed by atoms with Crippen molar-refractivity contribution >= 4 is 0 Å². The Bertz CT molecular complexity index is 430. The maximum absolute atomic E-state index is 13.1. The number of rotatable bonds is 2. The van der Waals surface area contributed by atoms with Crippen molar-refractivity contribution in [2.75, 3.05) is 0 Å². The fourth-order valence-electron chi connectivity index (χ4n) is 2.96. The van der Waals surface area contributed by atoms with Crippen LogP contribution in [-0.4, -0.2) is 6.18 Å². The average Bonchev–Trinajstić information content (AvgIpc) is 2.37. The van der Waals surface area contributed by atoms with Gasteiger partial charge in [0.05, 0.1) is 5.92 Å². The lowest BCUT2D eigenvalue weighted by Gasteiger charge is -2.36. The van der Waals surface area contributed by atoms with Crippen LogP contribution in [0.5, 0.6) is 0 Å². The van der Waals surface area contributed by atoms with E-state index < -0.39 is 29.9 Å². The van der Waals surface area contributed by atoms with E-state index in [2.05, 4.69) is 0 Å². The molecular weight excluding hydrogens is 258 g/mol. The summed E-state index contributed by atoms with van der Waals surface area (Å²) in [5, 5.41) is 0. The molecule has 0 aliphatic heterocycles. The lowest BCUT2D eigenvalue weighted by Crippen LogP contribution is -2.38. The van der Waals surface area contributed by atoms with E-state index in [1.807, 2.05) is 0 Å². The first-order valence-corrected chi connectivity index (χ1v) is 6.47. The summed E-state index contributed by atoms with van der Waals surface area (Å²) in [6.07, 6.45) is -2.33. The van der Waals surface area contributed by atoms with E-state index in [9.17, 15) is 17.6 Å². The first-order chi connectivity index (χ1) is 8.89. The largest absolute Gasteiger partial charge is 0.392 e. The minimum atomic E-state index is -4.23. The normalized spacial score (nSPS) is 26.2. The molecule has 1 fully saturated rings. The number of hydrogen-bond acceptors (Lipinski definition) is 1. The first kappa shape index (κ1) is 14.3. The highest BCUT2D eigenvalue weighted by atomic mass is 19.4. The summed E-state index contributed by atoms with van der Waals surface area (Å²) in [5.41, 5.74) is 6.40. The molecule has 19 heavy (non-hydrogen) atoms. The second-order valence-corrected chi connectivity index (χ2v) is 5.18. The Hall–Kier alpha value is -1.10. The van der Waals surface area contributed by atoms with Gasteiger partial charge in [-0.25, -0.2) is 4.39 Å². The molecule has 0 spiro atoms. The summed E-state index contributed by atoms with van der Waals surface area (Å²) in [5.74, 6) is -2.50. The van der Waals surface area contributed by atoms with Crippen molar-refractivity contribution in [3.05, 3.63) is 35.6 Å². The van der Waals surface area contributed by atoms with Gasteiger partial charge in [0.2, 0.25) is 0 Å². The van der Waals surface area contributed by atoms with Crippen molar-refractivity contribution in [1.29, 1.82) is 0 Å². The molecule has 0 aromatic heterocycles. The van der Waals surface area contributed by atoms with Gasteiger partial charge < -0.3 is 5.73 Å². The Balaban J connectivity index is 2.22.